The van der Waals surface area contributed by atoms with Crippen molar-refractivity contribution in [1.82, 2.24) is 14.9 Å². The predicted molar refractivity (Wildman–Crippen MR) is 86.6 cm³/mol. The first-order valence-electron chi connectivity index (χ1n) is 7.12. The molecule has 0 saturated carbocycles. The summed E-state index contributed by atoms with van der Waals surface area (Å²) < 4.78 is 1.90. The van der Waals surface area contributed by atoms with Crippen molar-refractivity contribution in [3.63, 3.8) is 0 Å². The molecule has 0 fully saturated rings. The zero-order valence-electron chi connectivity index (χ0n) is 12.9. The van der Waals surface area contributed by atoms with E-state index < -0.39 is 0 Å². The lowest BCUT2D eigenvalue weighted by Gasteiger charge is -2.14. The number of nitrogens with two attached hydrogens (primary N) is 1. The minimum absolute atomic E-state index is 0.0603. The van der Waals surface area contributed by atoms with E-state index in [0.717, 1.165) is 28.5 Å². The van der Waals surface area contributed by atoms with E-state index in [9.17, 15) is 4.79 Å². The van der Waals surface area contributed by atoms with Crippen molar-refractivity contribution in [3.8, 4) is 0 Å². The minimum atomic E-state index is -0.0990. The summed E-state index contributed by atoms with van der Waals surface area (Å²) in [6, 6.07) is 1.66. The second-order valence-corrected chi connectivity index (χ2v) is 6.46. The standard InChI is InChI=1S/C15H22N4OS/c1-5-6-19-8-12(16)7-13(19)15(20)18-10(3)14-9(2)17-11(4)21-14/h7-8,10H,5-6,16H2,1-4H3,(H,18,20). The Labute approximate surface area is 129 Å². The predicted octanol–water partition coefficient (Wildman–Crippen LogP) is 3.04. The van der Waals surface area contributed by atoms with Crippen LogP contribution in [-0.4, -0.2) is 15.5 Å². The Morgan fingerprint density at radius 1 is 1.52 bits per heavy atom. The highest BCUT2D eigenvalue weighted by atomic mass is 32.1. The fourth-order valence-corrected chi connectivity index (χ4v) is 3.36. The summed E-state index contributed by atoms with van der Waals surface area (Å²) in [5.41, 5.74) is 8.02. The van der Waals surface area contributed by atoms with Crippen LogP contribution in [0.25, 0.3) is 0 Å². The number of nitrogen functional groups attached to an aromatic ring is 1. The number of carbonyl (C=O) groups excluding carboxylic acids is 1. The summed E-state index contributed by atoms with van der Waals surface area (Å²) in [6.45, 7) is 8.79. The molecule has 6 heteroatoms. The van der Waals surface area contributed by atoms with Gasteiger partial charge in [0.05, 0.1) is 22.4 Å². The van der Waals surface area contributed by atoms with Gasteiger partial charge in [-0.2, -0.15) is 0 Å². The second-order valence-electron chi connectivity index (χ2n) is 5.23. The largest absolute Gasteiger partial charge is 0.397 e. The van der Waals surface area contributed by atoms with E-state index >= 15 is 0 Å². The number of anilines is 1. The lowest BCUT2D eigenvalue weighted by atomic mass is 10.2. The smallest absolute Gasteiger partial charge is 0.268 e. The average molecular weight is 306 g/mol. The Balaban J connectivity index is 2.16. The summed E-state index contributed by atoms with van der Waals surface area (Å²) in [7, 11) is 0. The maximum absolute atomic E-state index is 12.5. The third-order valence-corrected chi connectivity index (χ3v) is 4.55. The molecule has 5 nitrogen and oxygen atoms in total. The number of nitrogens with one attached hydrogen (secondary N) is 1. The number of carbonyl (C=O) groups is 1. The van der Waals surface area contributed by atoms with Crippen molar-refractivity contribution in [2.24, 2.45) is 0 Å². The van der Waals surface area contributed by atoms with Crippen LogP contribution < -0.4 is 11.1 Å². The Morgan fingerprint density at radius 2 is 2.24 bits per heavy atom. The van der Waals surface area contributed by atoms with Crippen molar-refractivity contribution >= 4 is 22.9 Å². The normalized spacial score (nSPS) is 12.4. The summed E-state index contributed by atoms with van der Waals surface area (Å²) in [6.07, 6.45) is 2.77. The van der Waals surface area contributed by atoms with Crippen LogP contribution in [0.2, 0.25) is 0 Å². The molecule has 0 aromatic carbocycles. The van der Waals surface area contributed by atoms with Gasteiger partial charge in [0, 0.05) is 17.6 Å². The number of thiazole rings is 1. The van der Waals surface area contributed by atoms with Crippen LogP contribution in [0.3, 0.4) is 0 Å². The lowest BCUT2D eigenvalue weighted by molar-refractivity contribution is 0.0931. The van der Waals surface area contributed by atoms with Gasteiger partial charge in [-0.1, -0.05) is 6.92 Å². The topological polar surface area (TPSA) is 72.9 Å². The number of amides is 1. The highest BCUT2D eigenvalue weighted by molar-refractivity contribution is 7.11. The first-order valence-corrected chi connectivity index (χ1v) is 7.94. The van der Waals surface area contributed by atoms with E-state index in [0.29, 0.717) is 11.4 Å². The molecule has 0 bridgehead atoms. The van der Waals surface area contributed by atoms with E-state index in [4.69, 9.17) is 5.73 Å². The van der Waals surface area contributed by atoms with E-state index in [1.54, 1.807) is 17.4 Å². The van der Waals surface area contributed by atoms with Crippen LogP contribution in [0, 0.1) is 13.8 Å². The van der Waals surface area contributed by atoms with Crippen molar-refractivity contribution in [1.29, 1.82) is 0 Å². The van der Waals surface area contributed by atoms with E-state index in [-0.39, 0.29) is 11.9 Å². The summed E-state index contributed by atoms with van der Waals surface area (Å²) in [5, 5.41) is 4.05. The number of hydrogen-bond acceptors (Lipinski definition) is 4. The van der Waals surface area contributed by atoms with Gasteiger partial charge < -0.3 is 15.6 Å². The first-order chi connectivity index (χ1) is 9.92. The summed E-state index contributed by atoms with van der Waals surface area (Å²) in [4.78, 5) is 18.0. The SMILES string of the molecule is CCCn1cc(N)cc1C(=O)NC(C)c1sc(C)nc1C. The number of aromatic nitrogens is 2. The number of rotatable bonds is 5. The van der Waals surface area contributed by atoms with Crippen molar-refractivity contribution < 1.29 is 4.79 Å². The number of aryl methyl sites for hydroxylation is 3. The highest BCUT2D eigenvalue weighted by Crippen LogP contribution is 2.25. The van der Waals surface area contributed by atoms with Crippen molar-refractivity contribution in [3.05, 3.63) is 33.5 Å². The van der Waals surface area contributed by atoms with E-state index in [2.05, 4.69) is 17.2 Å². The Morgan fingerprint density at radius 3 is 2.81 bits per heavy atom. The molecule has 1 amide bonds. The van der Waals surface area contributed by atoms with Crippen molar-refractivity contribution in [2.45, 2.75) is 46.7 Å². The molecule has 1 unspecified atom stereocenters. The van der Waals surface area contributed by atoms with Gasteiger partial charge in [-0.05, 0) is 33.3 Å². The second kappa shape index (κ2) is 6.30. The molecule has 2 heterocycles. The molecular weight excluding hydrogens is 284 g/mol. The molecular formula is C15H22N4OS. The molecule has 0 aliphatic rings. The van der Waals surface area contributed by atoms with Gasteiger partial charge >= 0.3 is 0 Å². The average Bonchev–Trinajstić information content (AvgIpc) is 2.92. The molecule has 2 aromatic heterocycles. The molecule has 0 saturated heterocycles. The zero-order valence-corrected chi connectivity index (χ0v) is 13.8. The van der Waals surface area contributed by atoms with Gasteiger partial charge in [0.25, 0.3) is 5.91 Å². The molecule has 1 atom stereocenters. The molecule has 21 heavy (non-hydrogen) atoms. The number of nitrogens with zero attached hydrogens (tertiary/aromatic N) is 2. The third kappa shape index (κ3) is 3.44. The van der Waals surface area contributed by atoms with Gasteiger partial charge in [0.15, 0.2) is 0 Å². The van der Waals surface area contributed by atoms with Gasteiger partial charge in [0.1, 0.15) is 5.69 Å². The van der Waals surface area contributed by atoms with Crippen LogP contribution >= 0.6 is 11.3 Å². The fourth-order valence-electron chi connectivity index (χ4n) is 2.43. The van der Waals surface area contributed by atoms with Crippen LogP contribution in [0.5, 0.6) is 0 Å². The Bertz CT molecular complexity index is 644. The zero-order chi connectivity index (χ0) is 15.6. The Hall–Kier alpha value is -1.82. The lowest BCUT2D eigenvalue weighted by Crippen LogP contribution is -2.28. The molecule has 2 rings (SSSR count). The molecule has 3 N–H and O–H groups in total. The maximum atomic E-state index is 12.5. The van der Waals surface area contributed by atoms with Gasteiger partial charge in [-0.25, -0.2) is 4.98 Å². The third-order valence-electron chi connectivity index (χ3n) is 3.30. The minimum Gasteiger partial charge on any atom is -0.397 e. The van der Waals surface area contributed by atoms with Crippen LogP contribution in [0.15, 0.2) is 12.3 Å². The van der Waals surface area contributed by atoms with Gasteiger partial charge in [0.2, 0.25) is 0 Å². The molecule has 2 aromatic rings. The maximum Gasteiger partial charge on any atom is 0.268 e. The number of hydrogen-bond donors (Lipinski definition) is 2. The van der Waals surface area contributed by atoms with Crippen LogP contribution in [0.4, 0.5) is 5.69 Å². The monoisotopic (exact) mass is 306 g/mol. The first kappa shape index (κ1) is 15.6. The molecule has 0 aliphatic carbocycles. The molecule has 0 radical (unpaired) electrons. The highest BCUT2D eigenvalue weighted by Gasteiger charge is 2.18. The van der Waals surface area contributed by atoms with Gasteiger partial charge in [-0.3, -0.25) is 4.79 Å². The summed E-state index contributed by atoms with van der Waals surface area (Å²) in [5.74, 6) is -0.0990. The molecule has 114 valence electrons. The van der Waals surface area contributed by atoms with Crippen LogP contribution in [-0.2, 0) is 6.54 Å². The molecule has 0 spiro atoms. The van der Waals surface area contributed by atoms with E-state index in [1.807, 2.05) is 31.5 Å². The van der Waals surface area contributed by atoms with E-state index in [1.165, 1.54) is 0 Å². The Kier molecular flexibility index (Phi) is 4.67. The quantitative estimate of drug-likeness (QED) is 0.891. The fraction of sp³-hybridized carbons (Fsp3) is 0.467. The summed E-state index contributed by atoms with van der Waals surface area (Å²) >= 11 is 1.62. The van der Waals surface area contributed by atoms with Crippen LogP contribution in [0.1, 0.15) is 52.4 Å². The molecule has 0 aliphatic heterocycles. The van der Waals surface area contributed by atoms with Crippen molar-refractivity contribution in [2.75, 3.05) is 5.73 Å². The van der Waals surface area contributed by atoms with Gasteiger partial charge in [-0.15, -0.1) is 11.3 Å².